The van der Waals surface area contributed by atoms with Crippen LogP contribution in [0.15, 0.2) is 146 Å². The summed E-state index contributed by atoms with van der Waals surface area (Å²) in [6.45, 7) is 3.88. The first-order chi connectivity index (χ1) is 21.2. The van der Waals surface area contributed by atoms with Gasteiger partial charge < -0.3 is 4.74 Å². The summed E-state index contributed by atoms with van der Waals surface area (Å²) in [5.74, 6) is -0.215. The largest absolute Gasteiger partial charge is 0.468 e. The number of hydrogen-bond donors (Lipinski definition) is 0. The Hall–Kier alpha value is -4.51. The van der Waals surface area contributed by atoms with Gasteiger partial charge >= 0.3 is 5.97 Å². The molecule has 4 nitrogen and oxygen atoms in total. The molecule has 1 unspecified atom stereocenters. The van der Waals surface area contributed by atoms with Crippen LogP contribution in [0.2, 0.25) is 0 Å². The van der Waals surface area contributed by atoms with Crippen molar-refractivity contribution >= 4 is 5.97 Å². The lowest BCUT2D eigenvalue weighted by molar-refractivity contribution is -0.147. The molecule has 0 saturated heterocycles. The van der Waals surface area contributed by atoms with E-state index in [9.17, 15) is 4.79 Å². The maximum atomic E-state index is 13.2. The van der Waals surface area contributed by atoms with Crippen LogP contribution in [0.5, 0.6) is 0 Å². The number of benzene rings is 5. The molecule has 0 spiro atoms. The van der Waals surface area contributed by atoms with Crippen LogP contribution in [0, 0.1) is 0 Å². The topological polar surface area (TPSA) is 32.8 Å². The van der Waals surface area contributed by atoms with Crippen LogP contribution >= 0.6 is 0 Å². The second-order valence-corrected chi connectivity index (χ2v) is 11.1. The smallest absolute Gasteiger partial charge is 0.323 e. The van der Waals surface area contributed by atoms with Gasteiger partial charge in [0.25, 0.3) is 0 Å². The molecule has 5 aromatic carbocycles. The third kappa shape index (κ3) is 9.24. The van der Waals surface area contributed by atoms with Gasteiger partial charge in [-0.2, -0.15) is 0 Å². The lowest BCUT2D eigenvalue weighted by atomic mass is 10.0. The number of carbonyl (C=O) groups excluding carboxylic acids is 1. The first-order valence-electron chi connectivity index (χ1n) is 14.9. The first kappa shape index (κ1) is 30.0. The average Bonchev–Trinajstić information content (AvgIpc) is 3.06. The summed E-state index contributed by atoms with van der Waals surface area (Å²) in [4.78, 5) is 17.9. The predicted octanol–water partition coefficient (Wildman–Crippen LogP) is 7.68. The Labute approximate surface area is 256 Å². The van der Waals surface area contributed by atoms with Crippen molar-refractivity contribution in [3.8, 4) is 0 Å². The fraction of sp³-hybridized carbons (Fsp3) is 0.205. The van der Waals surface area contributed by atoms with E-state index < -0.39 is 6.04 Å². The molecule has 0 heterocycles. The van der Waals surface area contributed by atoms with E-state index >= 15 is 0 Å². The van der Waals surface area contributed by atoms with Gasteiger partial charge in [0.05, 0.1) is 7.11 Å². The molecule has 0 fully saturated rings. The van der Waals surface area contributed by atoms with Crippen molar-refractivity contribution in [2.75, 3.05) is 7.11 Å². The minimum Gasteiger partial charge on any atom is -0.468 e. The SMILES string of the molecule is COC(=O)C(Cc1ccc(CN(Cc2ccccc2)Cc2ccccc2)cc1)N(Cc1ccccc1)Cc1ccccc1. The molecule has 0 amide bonds. The minimum absolute atomic E-state index is 0.215. The molecule has 1 atom stereocenters. The molecule has 0 saturated carbocycles. The molecule has 0 N–H and O–H groups in total. The minimum atomic E-state index is -0.413. The molecule has 0 aliphatic carbocycles. The Kier molecular flexibility index (Phi) is 10.9. The second kappa shape index (κ2) is 15.6. The van der Waals surface area contributed by atoms with E-state index in [0.29, 0.717) is 19.5 Å². The van der Waals surface area contributed by atoms with Crippen LogP contribution in [0.25, 0.3) is 0 Å². The van der Waals surface area contributed by atoms with Crippen LogP contribution in [0.4, 0.5) is 0 Å². The highest BCUT2D eigenvalue weighted by molar-refractivity contribution is 5.76. The zero-order valence-corrected chi connectivity index (χ0v) is 24.9. The zero-order valence-electron chi connectivity index (χ0n) is 24.9. The Morgan fingerprint density at radius 1 is 0.488 bits per heavy atom. The van der Waals surface area contributed by atoms with Gasteiger partial charge in [-0.25, -0.2) is 0 Å². The van der Waals surface area contributed by atoms with Crippen LogP contribution in [0.3, 0.4) is 0 Å². The Bertz CT molecular complexity index is 1430. The summed E-state index contributed by atoms with van der Waals surface area (Å²) in [5, 5.41) is 0. The summed E-state index contributed by atoms with van der Waals surface area (Å²) in [6, 6.07) is 50.2. The zero-order chi connectivity index (χ0) is 29.7. The third-order valence-corrected chi connectivity index (χ3v) is 7.73. The monoisotopic (exact) mass is 568 g/mol. The summed E-state index contributed by atoms with van der Waals surface area (Å²) >= 11 is 0. The van der Waals surface area contributed by atoms with Gasteiger partial charge in [0.1, 0.15) is 6.04 Å². The number of esters is 1. The number of nitrogens with zero attached hydrogens (tertiary/aromatic N) is 2. The normalized spacial score (nSPS) is 11.9. The molecule has 5 rings (SSSR count). The highest BCUT2D eigenvalue weighted by Gasteiger charge is 2.27. The van der Waals surface area contributed by atoms with Gasteiger partial charge in [0, 0.05) is 32.7 Å². The van der Waals surface area contributed by atoms with Crippen molar-refractivity contribution in [3.63, 3.8) is 0 Å². The average molecular weight is 569 g/mol. The highest BCUT2D eigenvalue weighted by atomic mass is 16.5. The van der Waals surface area contributed by atoms with Crippen molar-refractivity contribution < 1.29 is 9.53 Å². The number of methoxy groups -OCH3 is 1. The van der Waals surface area contributed by atoms with E-state index in [1.54, 1.807) is 0 Å². The molecule has 0 aromatic heterocycles. The molecule has 218 valence electrons. The molecule has 0 aliphatic heterocycles. The van der Waals surface area contributed by atoms with Gasteiger partial charge in [-0.05, 0) is 39.8 Å². The Morgan fingerprint density at radius 3 is 1.19 bits per heavy atom. The lowest BCUT2D eigenvalue weighted by Gasteiger charge is -2.30. The molecule has 0 bridgehead atoms. The van der Waals surface area contributed by atoms with Crippen LogP contribution in [-0.2, 0) is 48.7 Å². The van der Waals surface area contributed by atoms with Crippen molar-refractivity contribution in [1.29, 1.82) is 0 Å². The summed E-state index contributed by atoms with van der Waals surface area (Å²) in [5.41, 5.74) is 7.29. The fourth-order valence-electron chi connectivity index (χ4n) is 5.52. The van der Waals surface area contributed by atoms with Crippen molar-refractivity contribution in [1.82, 2.24) is 9.80 Å². The van der Waals surface area contributed by atoms with Crippen LogP contribution in [-0.4, -0.2) is 28.9 Å². The lowest BCUT2D eigenvalue weighted by Crippen LogP contribution is -2.42. The number of carbonyl (C=O) groups is 1. The Morgan fingerprint density at radius 2 is 0.814 bits per heavy atom. The Balaban J connectivity index is 1.33. The van der Waals surface area contributed by atoms with Crippen LogP contribution < -0.4 is 0 Å². The second-order valence-electron chi connectivity index (χ2n) is 11.1. The van der Waals surface area contributed by atoms with Crippen LogP contribution in [0.1, 0.15) is 33.4 Å². The summed E-state index contributed by atoms with van der Waals surface area (Å²) in [6.07, 6.45) is 0.574. The molecule has 0 radical (unpaired) electrons. The molecule has 5 aromatic rings. The highest BCUT2D eigenvalue weighted by Crippen LogP contribution is 2.20. The van der Waals surface area contributed by atoms with E-state index in [1.165, 1.54) is 34.9 Å². The third-order valence-electron chi connectivity index (χ3n) is 7.73. The maximum absolute atomic E-state index is 13.2. The van der Waals surface area contributed by atoms with Gasteiger partial charge in [0.15, 0.2) is 0 Å². The van der Waals surface area contributed by atoms with E-state index in [-0.39, 0.29) is 5.97 Å². The number of rotatable bonds is 14. The van der Waals surface area contributed by atoms with Gasteiger partial charge in [-0.1, -0.05) is 146 Å². The van der Waals surface area contributed by atoms with Gasteiger partial charge in [-0.3, -0.25) is 14.6 Å². The molecule has 43 heavy (non-hydrogen) atoms. The van der Waals surface area contributed by atoms with Crippen molar-refractivity contribution in [2.45, 2.75) is 45.2 Å². The summed E-state index contributed by atoms with van der Waals surface area (Å²) in [7, 11) is 1.48. The predicted molar refractivity (Wildman–Crippen MR) is 174 cm³/mol. The molecular formula is C39H40N2O2. The maximum Gasteiger partial charge on any atom is 0.323 e. The summed E-state index contributed by atoms with van der Waals surface area (Å²) < 4.78 is 5.34. The quantitative estimate of drug-likeness (QED) is 0.129. The van der Waals surface area contributed by atoms with E-state index in [4.69, 9.17) is 4.74 Å². The van der Waals surface area contributed by atoms with Gasteiger partial charge in [-0.15, -0.1) is 0 Å². The van der Waals surface area contributed by atoms with Crippen molar-refractivity contribution in [2.24, 2.45) is 0 Å². The first-order valence-corrected chi connectivity index (χ1v) is 14.9. The number of hydrogen-bond acceptors (Lipinski definition) is 4. The van der Waals surface area contributed by atoms with Crippen molar-refractivity contribution in [3.05, 3.63) is 179 Å². The number of ether oxygens (including phenoxy) is 1. The van der Waals surface area contributed by atoms with E-state index in [1.807, 2.05) is 36.4 Å². The van der Waals surface area contributed by atoms with E-state index in [0.717, 1.165) is 25.2 Å². The van der Waals surface area contributed by atoms with E-state index in [2.05, 4.69) is 119 Å². The molecule has 0 aliphatic rings. The molecular weight excluding hydrogens is 528 g/mol. The van der Waals surface area contributed by atoms with Gasteiger partial charge in [0.2, 0.25) is 0 Å². The standard InChI is InChI=1S/C39H40N2O2/c1-43-39(42)38(41(30-35-18-10-4-11-19-35)31-36-20-12-5-13-21-36)26-32-22-24-37(25-23-32)29-40(27-33-14-6-2-7-15-33)28-34-16-8-3-9-17-34/h2-25,38H,26-31H2,1H3. The molecule has 4 heteroatoms. The fourth-order valence-corrected chi connectivity index (χ4v) is 5.52.